The highest BCUT2D eigenvalue weighted by atomic mass is 79.9. The molecule has 1 atom stereocenters. The van der Waals surface area contributed by atoms with Gasteiger partial charge in [-0.05, 0) is 43.7 Å². The van der Waals surface area contributed by atoms with Crippen LogP contribution in [0.5, 0.6) is 0 Å². The van der Waals surface area contributed by atoms with E-state index in [1.807, 2.05) is 61.0 Å². The van der Waals surface area contributed by atoms with Gasteiger partial charge in [-0.25, -0.2) is 4.68 Å². The number of benzene rings is 2. The summed E-state index contributed by atoms with van der Waals surface area (Å²) < 4.78 is 8.83. The van der Waals surface area contributed by atoms with Crippen molar-refractivity contribution in [2.75, 3.05) is 31.6 Å². The van der Waals surface area contributed by atoms with Gasteiger partial charge in [0.15, 0.2) is 0 Å². The minimum atomic E-state index is -0.0368. The van der Waals surface area contributed by atoms with Gasteiger partial charge < -0.3 is 10.1 Å². The molecule has 0 bridgehead atoms. The van der Waals surface area contributed by atoms with Gasteiger partial charge in [-0.2, -0.15) is 5.10 Å². The molecule has 156 valence electrons. The first kappa shape index (κ1) is 20.8. The zero-order chi connectivity index (χ0) is 21.1. The summed E-state index contributed by atoms with van der Waals surface area (Å²) >= 11 is 3.46. The van der Waals surface area contributed by atoms with Crippen LogP contribution < -0.4 is 5.32 Å². The van der Waals surface area contributed by atoms with E-state index in [0.29, 0.717) is 19.7 Å². The molecule has 1 fully saturated rings. The second-order valence-corrected chi connectivity index (χ2v) is 8.40. The van der Waals surface area contributed by atoms with E-state index in [4.69, 9.17) is 4.74 Å². The van der Waals surface area contributed by atoms with Gasteiger partial charge in [0, 0.05) is 17.6 Å². The zero-order valence-electron chi connectivity index (χ0n) is 17.1. The highest BCUT2D eigenvalue weighted by Crippen LogP contribution is 2.25. The molecule has 1 saturated heterocycles. The second kappa shape index (κ2) is 9.12. The first-order valence-corrected chi connectivity index (χ1v) is 10.8. The van der Waals surface area contributed by atoms with Crippen LogP contribution in [0.15, 0.2) is 59.1 Å². The Hall–Kier alpha value is -2.48. The maximum absolute atomic E-state index is 12.8. The van der Waals surface area contributed by atoms with E-state index in [1.54, 1.807) is 0 Å². The molecule has 0 radical (unpaired) electrons. The van der Waals surface area contributed by atoms with Crippen LogP contribution in [0.4, 0.5) is 5.69 Å². The molecule has 1 aromatic heterocycles. The average Bonchev–Trinajstić information content (AvgIpc) is 3.03. The van der Waals surface area contributed by atoms with Crippen LogP contribution in [-0.4, -0.2) is 46.8 Å². The molecule has 4 rings (SSSR count). The fraction of sp³-hybridized carbons (Fsp3) is 0.304. The fourth-order valence-electron chi connectivity index (χ4n) is 3.75. The van der Waals surface area contributed by atoms with E-state index in [-0.39, 0.29) is 12.0 Å². The number of carbonyl (C=O) groups excluding carboxylic acids is 1. The molecule has 0 aliphatic carbocycles. The second-order valence-electron chi connectivity index (χ2n) is 7.49. The molecule has 2 heterocycles. The third-order valence-electron chi connectivity index (χ3n) is 5.32. The summed E-state index contributed by atoms with van der Waals surface area (Å²) in [7, 11) is 0. The standard InChI is InChI=1S/C23H25BrN4O2/c1-16-23(17(2)28(26-16)20-6-4-3-5-7-20)25-22(29)15-27-12-13-30-21(14-27)18-8-10-19(24)11-9-18/h3-11,21H,12-15H2,1-2H3,(H,25,29). The predicted molar refractivity (Wildman–Crippen MR) is 121 cm³/mol. The number of ether oxygens (including phenoxy) is 1. The lowest BCUT2D eigenvalue weighted by Gasteiger charge is -2.32. The summed E-state index contributed by atoms with van der Waals surface area (Å²) in [5.74, 6) is -0.0368. The van der Waals surface area contributed by atoms with Crippen LogP contribution in [0, 0.1) is 13.8 Å². The van der Waals surface area contributed by atoms with E-state index < -0.39 is 0 Å². The molecule has 7 heteroatoms. The highest BCUT2D eigenvalue weighted by molar-refractivity contribution is 9.10. The van der Waals surface area contributed by atoms with Gasteiger partial charge in [-0.15, -0.1) is 0 Å². The molecule has 1 amide bonds. The van der Waals surface area contributed by atoms with Gasteiger partial charge in [-0.1, -0.05) is 46.3 Å². The van der Waals surface area contributed by atoms with Crippen LogP contribution in [0.2, 0.25) is 0 Å². The van der Waals surface area contributed by atoms with Gasteiger partial charge in [0.2, 0.25) is 5.91 Å². The SMILES string of the molecule is Cc1nn(-c2ccccc2)c(C)c1NC(=O)CN1CCOC(c2ccc(Br)cc2)C1. The minimum absolute atomic E-state index is 0.0241. The van der Waals surface area contributed by atoms with Gasteiger partial charge in [0.05, 0.1) is 42.0 Å². The number of aromatic nitrogens is 2. The van der Waals surface area contributed by atoms with Crippen LogP contribution >= 0.6 is 15.9 Å². The van der Waals surface area contributed by atoms with Gasteiger partial charge >= 0.3 is 0 Å². The molecule has 6 nitrogen and oxygen atoms in total. The Morgan fingerprint density at radius 1 is 1.17 bits per heavy atom. The molecular formula is C23H25BrN4O2. The van der Waals surface area contributed by atoms with Crippen molar-refractivity contribution in [3.05, 3.63) is 76.0 Å². The Labute approximate surface area is 185 Å². The van der Waals surface area contributed by atoms with Crippen molar-refractivity contribution in [3.8, 4) is 5.69 Å². The van der Waals surface area contributed by atoms with Crippen LogP contribution in [0.25, 0.3) is 5.69 Å². The molecule has 3 aromatic rings. The highest BCUT2D eigenvalue weighted by Gasteiger charge is 2.24. The number of halogens is 1. The van der Waals surface area contributed by atoms with Crippen molar-refractivity contribution >= 4 is 27.5 Å². The van der Waals surface area contributed by atoms with E-state index in [2.05, 4.69) is 43.4 Å². The number of amides is 1. The molecule has 2 aromatic carbocycles. The van der Waals surface area contributed by atoms with Crippen molar-refractivity contribution in [1.82, 2.24) is 14.7 Å². The first-order chi connectivity index (χ1) is 14.5. The largest absolute Gasteiger partial charge is 0.371 e. The van der Waals surface area contributed by atoms with Crippen LogP contribution in [0.3, 0.4) is 0 Å². The predicted octanol–water partition coefficient (Wildman–Crippen LogP) is 4.26. The van der Waals surface area contributed by atoms with E-state index >= 15 is 0 Å². The molecule has 1 aliphatic heterocycles. The van der Waals surface area contributed by atoms with Crippen molar-refractivity contribution in [2.24, 2.45) is 0 Å². The summed E-state index contributed by atoms with van der Waals surface area (Å²) in [6, 6.07) is 18.1. The van der Waals surface area contributed by atoms with Gasteiger partial charge in [0.25, 0.3) is 0 Å². The number of carbonyl (C=O) groups is 1. The Morgan fingerprint density at radius 3 is 2.63 bits per heavy atom. The Morgan fingerprint density at radius 2 is 1.90 bits per heavy atom. The van der Waals surface area contributed by atoms with E-state index in [1.165, 1.54) is 0 Å². The molecular weight excluding hydrogens is 444 g/mol. The monoisotopic (exact) mass is 468 g/mol. The van der Waals surface area contributed by atoms with Crippen molar-refractivity contribution in [1.29, 1.82) is 0 Å². The summed E-state index contributed by atoms with van der Waals surface area (Å²) in [5, 5.41) is 7.67. The lowest BCUT2D eigenvalue weighted by Crippen LogP contribution is -2.42. The van der Waals surface area contributed by atoms with Crippen molar-refractivity contribution < 1.29 is 9.53 Å². The normalized spacial score (nSPS) is 17.1. The number of aryl methyl sites for hydroxylation is 1. The van der Waals surface area contributed by atoms with E-state index in [9.17, 15) is 4.79 Å². The van der Waals surface area contributed by atoms with Gasteiger partial charge in [0.1, 0.15) is 0 Å². The van der Waals surface area contributed by atoms with Crippen LogP contribution in [-0.2, 0) is 9.53 Å². The molecule has 30 heavy (non-hydrogen) atoms. The lowest BCUT2D eigenvalue weighted by molar-refractivity contribution is -0.119. The number of hydrogen-bond acceptors (Lipinski definition) is 4. The topological polar surface area (TPSA) is 59.4 Å². The van der Waals surface area contributed by atoms with Crippen LogP contribution in [0.1, 0.15) is 23.1 Å². The first-order valence-electron chi connectivity index (χ1n) is 10.0. The molecule has 0 spiro atoms. The number of morpholine rings is 1. The summed E-state index contributed by atoms with van der Waals surface area (Å²) in [5.41, 5.74) is 4.60. The third kappa shape index (κ3) is 4.64. The summed E-state index contributed by atoms with van der Waals surface area (Å²) in [4.78, 5) is 14.9. The third-order valence-corrected chi connectivity index (χ3v) is 5.84. The summed E-state index contributed by atoms with van der Waals surface area (Å²) in [6.45, 7) is 6.25. The molecule has 0 saturated carbocycles. The maximum Gasteiger partial charge on any atom is 0.238 e. The minimum Gasteiger partial charge on any atom is -0.371 e. The fourth-order valence-corrected chi connectivity index (χ4v) is 4.02. The Bertz CT molecular complexity index is 1020. The number of hydrogen-bond donors (Lipinski definition) is 1. The quantitative estimate of drug-likeness (QED) is 0.607. The molecule has 1 aliphatic rings. The Balaban J connectivity index is 1.41. The van der Waals surface area contributed by atoms with Crippen molar-refractivity contribution in [3.63, 3.8) is 0 Å². The Kier molecular flexibility index (Phi) is 6.32. The van der Waals surface area contributed by atoms with Gasteiger partial charge in [-0.3, -0.25) is 9.69 Å². The zero-order valence-corrected chi connectivity index (χ0v) is 18.7. The smallest absolute Gasteiger partial charge is 0.238 e. The van der Waals surface area contributed by atoms with E-state index in [0.717, 1.165) is 39.3 Å². The number of anilines is 1. The van der Waals surface area contributed by atoms with Crippen molar-refractivity contribution in [2.45, 2.75) is 20.0 Å². The summed E-state index contributed by atoms with van der Waals surface area (Å²) in [6.07, 6.45) is -0.0241. The maximum atomic E-state index is 12.8. The number of nitrogens with zero attached hydrogens (tertiary/aromatic N) is 3. The number of rotatable bonds is 5. The molecule has 1 unspecified atom stereocenters. The lowest BCUT2D eigenvalue weighted by atomic mass is 10.1. The number of para-hydroxylation sites is 1. The molecule has 1 N–H and O–H groups in total. The number of nitrogens with one attached hydrogen (secondary N) is 1. The average molecular weight is 469 g/mol.